The highest BCUT2D eigenvalue weighted by Gasteiger charge is 2.08. The van der Waals surface area contributed by atoms with E-state index < -0.39 is 5.97 Å². The Bertz CT molecular complexity index is 728. The summed E-state index contributed by atoms with van der Waals surface area (Å²) in [6, 6.07) is 7.69. The summed E-state index contributed by atoms with van der Waals surface area (Å²) >= 11 is 0. The topological polar surface area (TPSA) is 96.0 Å². The molecule has 2 heterocycles. The van der Waals surface area contributed by atoms with Crippen LogP contribution >= 0.6 is 0 Å². The van der Waals surface area contributed by atoms with Crippen molar-refractivity contribution in [1.82, 2.24) is 9.55 Å². The summed E-state index contributed by atoms with van der Waals surface area (Å²) in [7, 11) is 0. The Morgan fingerprint density at radius 1 is 1.42 bits per heavy atom. The van der Waals surface area contributed by atoms with E-state index in [0.717, 1.165) is 0 Å². The normalized spacial score (nSPS) is 9.84. The second-order valence-electron chi connectivity index (χ2n) is 3.81. The highest BCUT2D eigenvalue weighted by molar-refractivity contribution is 5.87. The molecule has 0 aliphatic carbocycles. The van der Waals surface area contributed by atoms with Gasteiger partial charge in [-0.3, -0.25) is 4.79 Å². The van der Waals surface area contributed by atoms with Crippen molar-refractivity contribution < 1.29 is 9.90 Å². The third-order valence-corrected chi connectivity index (χ3v) is 2.57. The van der Waals surface area contributed by atoms with Gasteiger partial charge in [0.25, 0.3) is 5.56 Å². The molecule has 0 spiro atoms. The van der Waals surface area contributed by atoms with Gasteiger partial charge < -0.3 is 9.67 Å². The first-order valence-corrected chi connectivity index (χ1v) is 5.39. The molecule has 0 aliphatic rings. The molecule has 0 fully saturated rings. The molecule has 6 heteroatoms. The minimum absolute atomic E-state index is 0.0157. The van der Waals surface area contributed by atoms with E-state index in [0.29, 0.717) is 5.56 Å². The zero-order chi connectivity index (χ0) is 13.8. The summed E-state index contributed by atoms with van der Waals surface area (Å²) in [5.74, 6) is -1.11. The van der Waals surface area contributed by atoms with Gasteiger partial charge >= 0.3 is 5.97 Å². The van der Waals surface area contributed by atoms with Crippen LogP contribution in [0, 0.1) is 11.3 Å². The standard InChI is InChI=1S/C13H9N3O3/c14-6-11-9(2-1-5-15-11)7-16-8-10(13(18)19)3-4-12(16)17/h1-5,8H,7H2,(H,18,19). The van der Waals surface area contributed by atoms with Crippen LogP contribution in [0.5, 0.6) is 0 Å². The van der Waals surface area contributed by atoms with Gasteiger partial charge in [-0.1, -0.05) is 6.07 Å². The molecule has 0 aliphatic heterocycles. The summed E-state index contributed by atoms with van der Waals surface area (Å²) in [5.41, 5.74) is 0.463. The minimum Gasteiger partial charge on any atom is -0.478 e. The number of carboxylic acids is 1. The number of hydrogen-bond acceptors (Lipinski definition) is 4. The average Bonchev–Trinajstić information content (AvgIpc) is 2.41. The van der Waals surface area contributed by atoms with Crippen LogP contribution in [0.4, 0.5) is 0 Å². The molecule has 6 nitrogen and oxygen atoms in total. The zero-order valence-corrected chi connectivity index (χ0v) is 9.78. The van der Waals surface area contributed by atoms with E-state index in [2.05, 4.69) is 4.98 Å². The molecule has 2 aromatic rings. The quantitative estimate of drug-likeness (QED) is 0.877. The first kappa shape index (κ1) is 12.5. The molecule has 2 rings (SSSR count). The van der Waals surface area contributed by atoms with E-state index in [-0.39, 0.29) is 23.4 Å². The van der Waals surface area contributed by atoms with E-state index in [9.17, 15) is 9.59 Å². The molecule has 0 atom stereocenters. The highest BCUT2D eigenvalue weighted by atomic mass is 16.4. The van der Waals surface area contributed by atoms with Crippen LogP contribution in [-0.4, -0.2) is 20.6 Å². The lowest BCUT2D eigenvalue weighted by Gasteiger charge is -2.07. The van der Waals surface area contributed by atoms with Gasteiger partial charge in [0, 0.05) is 24.0 Å². The maximum absolute atomic E-state index is 11.7. The number of carbonyl (C=O) groups is 1. The lowest BCUT2D eigenvalue weighted by atomic mass is 10.2. The van der Waals surface area contributed by atoms with Gasteiger partial charge in [0.15, 0.2) is 0 Å². The molecule has 0 radical (unpaired) electrons. The van der Waals surface area contributed by atoms with Gasteiger partial charge in [-0.05, 0) is 12.1 Å². The van der Waals surface area contributed by atoms with Gasteiger partial charge in [0.05, 0.1) is 12.1 Å². The van der Waals surface area contributed by atoms with Crippen molar-refractivity contribution in [3.05, 3.63) is 63.8 Å². The Morgan fingerprint density at radius 3 is 2.89 bits per heavy atom. The number of nitriles is 1. The maximum atomic E-state index is 11.7. The molecule has 2 aromatic heterocycles. The van der Waals surface area contributed by atoms with Gasteiger partial charge in [-0.2, -0.15) is 5.26 Å². The fourth-order valence-corrected chi connectivity index (χ4v) is 1.63. The molecule has 94 valence electrons. The van der Waals surface area contributed by atoms with Crippen LogP contribution in [0.1, 0.15) is 21.6 Å². The van der Waals surface area contributed by atoms with Crippen LogP contribution in [0.25, 0.3) is 0 Å². The number of aromatic carboxylic acids is 1. The molecule has 0 bridgehead atoms. The number of hydrogen-bond donors (Lipinski definition) is 1. The molecule has 0 aromatic carbocycles. The summed E-state index contributed by atoms with van der Waals surface area (Å²) in [5, 5.41) is 17.8. The Balaban J connectivity index is 2.44. The second kappa shape index (κ2) is 5.14. The molecule has 0 saturated heterocycles. The second-order valence-corrected chi connectivity index (χ2v) is 3.81. The minimum atomic E-state index is -1.11. The van der Waals surface area contributed by atoms with Crippen LogP contribution in [0.3, 0.4) is 0 Å². The van der Waals surface area contributed by atoms with Crippen molar-refractivity contribution in [2.24, 2.45) is 0 Å². The van der Waals surface area contributed by atoms with E-state index in [1.165, 1.54) is 29.1 Å². The Labute approximate surface area is 108 Å². The number of carboxylic acid groups (broad SMARTS) is 1. The van der Waals surface area contributed by atoms with Crippen molar-refractivity contribution in [2.45, 2.75) is 6.54 Å². The third-order valence-electron chi connectivity index (χ3n) is 2.57. The van der Waals surface area contributed by atoms with Crippen molar-refractivity contribution >= 4 is 5.97 Å². The fraction of sp³-hybridized carbons (Fsp3) is 0.0769. The molecule has 19 heavy (non-hydrogen) atoms. The SMILES string of the molecule is N#Cc1ncccc1Cn1cc(C(=O)O)ccc1=O. The lowest BCUT2D eigenvalue weighted by Crippen LogP contribution is -2.21. The van der Waals surface area contributed by atoms with Crippen LogP contribution in [0.2, 0.25) is 0 Å². The molecule has 0 amide bonds. The van der Waals surface area contributed by atoms with Crippen LogP contribution < -0.4 is 5.56 Å². The van der Waals surface area contributed by atoms with Gasteiger partial charge in [0.2, 0.25) is 0 Å². The number of nitrogens with zero attached hydrogens (tertiary/aromatic N) is 3. The first-order chi connectivity index (χ1) is 9.11. The predicted molar refractivity (Wildman–Crippen MR) is 65.7 cm³/mol. The summed E-state index contributed by atoms with van der Waals surface area (Å²) in [6.45, 7) is 0.108. The fourth-order valence-electron chi connectivity index (χ4n) is 1.63. The van der Waals surface area contributed by atoms with Gasteiger partial charge in [0.1, 0.15) is 11.8 Å². The summed E-state index contributed by atoms with van der Waals surface area (Å²) < 4.78 is 1.24. The predicted octanol–water partition coefficient (Wildman–Crippen LogP) is 0.861. The number of rotatable bonds is 3. The van der Waals surface area contributed by atoms with Crippen molar-refractivity contribution in [3.63, 3.8) is 0 Å². The number of pyridine rings is 2. The maximum Gasteiger partial charge on any atom is 0.337 e. The largest absolute Gasteiger partial charge is 0.478 e. The summed E-state index contributed by atoms with van der Waals surface area (Å²) in [4.78, 5) is 26.4. The molecule has 0 saturated carbocycles. The Kier molecular flexibility index (Phi) is 3.39. The van der Waals surface area contributed by atoms with Gasteiger partial charge in [-0.25, -0.2) is 9.78 Å². The van der Waals surface area contributed by atoms with Crippen LogP contribution in [-0.2, 0) is 6.54 Å². The zero-order valence-electron chi connectivity index (χ0n) is 9.78. The van der Waals surface area contributed by atoms with Crippen LogP contribution in [0.15, 0.2) is 41.5 Å². The average molecular weight is 255 g/mol. The van der Waals surface area contributed by atoms with E-state index in [1.807, 2.05) is 6.07 Å². The van der Waals surface area contributed by atoms with E-state index >= 15 is 0 Å². The molecule has 0 unspecified atom stereocenters. The van der Waals surface area contributed by atoms with Crippen molar-refractivity contribution in [1.29, 1.82) is 5.26 Å². The smallest absolute Gasteiger partial charge is 0.337 e. The molecular weight excluding hydrogens is 246 g/mol. The lowest BCUT2D eigenvalue weighted by molar-refractivity contribution is 0.0696. The number of aromatic nitrogens is 2. The Hall–Kier alpha value is -2.94. The first-order valence-electron chi connectivity index (χ1n) is 5.39. The molecular formula is C13H9N3O3. The van der Waals surface area contributed by atoms with Crippen molar-refractivity contribution in [2.75, 3.05) is 0 Å². The van der Waals surface area contributed by atoms with Crippen molar-refractivity contribution in [3.8, 4) is 6.07 Å². The molecule has 1 N–H and O–H groups in total. The third kappa shape index (κ3) is 2.66. The summed E-state index contributed by atoms with van der Waals surface area (Å²) in [6.07, 6.45) is 2.73. The van der Waals surface area contributed by atoms with E-state index in [4.69, 9.17) is 10.4 Å². The monoisotopic (exact) mass is 255 g/mol. The van der Waals surface area contributed by atoms with E-state index in [1.54, 1.807) is 12.1 Å². The van der Waals surface area contributed by atoms with Gasteiger partial charge in [-0.15, -0.1) is 0 Å². The Morgan fingerprint density at radius 2 is 2.21 bits per heavy atom. The highest BCUT2D eigenvalue weighted by Crippen LogP contribution is 2.06.